The highest BCUT2D eigenvalue weighted by atomic mass is 35.5. The molecule has 0 aromatic carbocycles. The van der Waals surface area contributed by atoms with Gasteiger partial charge in [-0.05, 0) is 25.4 Å². The minimum absolute atomic E-state index is 0.110. The highest BCUT2D eigenvalue weighted by Gasteiger charge is 2.20. The quantitative estimate of drug-likeness (QED) is 0.867. The molecule has 1 aromatic rings. The average molecular weight is 255 g/mol. The standard InChI is InChI=1S/C11H15ClN4O/c1-16(7-8-2-3-13-4-8)11(17)9-5-15-10(12)6-14-9/h5-6,8,13H,2-4,7H2,1H3. The van der Waals surface area contributed by atoms with E-state index in [1.165, 1.54) is 12.4 Å². The van der Waals surface area contributed by atoms with E-state index in [0.29, 0.717) is 16.8 Å². The number of hydrogen-bond donors (Lipinski definition) is 1. The van der Waals surface area contributed by atoms with Crippen molar-refractivity contribution < 1.29 is 4.79 Å². The summed E-state index contributed by atoms with van der Waals surface area (Å²) in [6.45, 7) is 2.76. The van der Waals surface area contributed by atoms with Crippen LogP contribution in [0.1, 0.15) is 16.9 Å². The third kappa shape index (κ3) is 3.14. The fraction of sp³-hybridized carbons (Fsp3) is 0.545. The number of carbonyl (C=O) groups excluding carboxylic acids is 1. The molecular weight excluding hydrogens is 240 g/mol. The van der Waals surface area contributed by atoms with E-state index in [1.807, 2.05) is 0 Å². The Balaban J connectivity index is 1.96. The fourth-order valence-corrected chi connectivity index (χ4v) is 2.06. The molecule has 0 saturated carbocycles. The molecule has 0 bridgehead atoms. The van der Waals surface area contributed by atoms with Gasteiger partial charge in [-0.2, -0.15) is 0 Å². The van der Waals surface area contributed by atoms with Crippen molar-refractivity contribution in [3.8, 4) is 0 Å². The van der Waals surface area contributed by atoms with Crippen LogP contribution in [0.2, 0.25) is 5.15 Å². The van der Waals surface area contributed by atoms with Crippen molar-refractivity contribution in [1.29, 1.82) is 0 Å². The summed E-state index contributed by atoms with van der Waals surface area (Å²) in [6, 6.07) is 0. The number of nitrogens with zero attached hydrogens (tertiary/aromatic N) is 3. The van der Waals surface area contributed by atoms with E-state index in [9.17, 15) is 4.79 Å². The average Bonchev–Trinajstić information content (AvgIpc) is 2.82. The van der Waals surface area contributed by atoms with Crippen LogP contribution in [0, 0.1) is 5.92 Å². The molecule has 1 aromatic heterocycles. The summed E-state index contributed by atoms with van der Waals surface area (Å²) in [5.74, 6) is 0.422. The number of aromatic nitrogens is 2. The Morgan fingerprint density at radius 3 is 3.00 bits per heavy atom. The van der Waals surface area contributed by atoms with Crippen molar-refractivity contribution in [2.24, 2.45) is 5.92 Å². The molecule has 2 heterocycles. The minimum Gasteiger partial charge on any atom is -0.340 e. The molecule has 1 saturated heterocycles. The van der Waals surface area contributed by atoms with Gasteiger partial charge in [0.15, 0.2) is 0 Å². The Labute approximate surface area is 105 Å². The molecule has 1 N–H and O–H groups in total. The Morgan fingerprint density at radius 2 is 2.41 bits per heavy atom. The van der Waals surface area contributed by atoms with Crippen molar-refractivity contribution in [2.75, 3.05) is 26.7 Å². The maximum Gasteiger partial charge on any atom is 0.273 e. The lowest BCUT2D eigenvalue weighted by Crippen LogP contribution is -2.33. The lowest BCUT2D eigenvalue weighted by molar-refractivity contribution is 0.0770. The normalized spacial score (nSPS) is 19.3. The van der Waals surface area contributed by atoms with Crippen LogP contribution < -0.4 is 5.32 Å². The van der Waals surface area contributed by atoms with Crippen LogP contribution in [-0.4, -0.2) is 47.5 Å². The van der Waals surface area contributed by atoms with Gasteiger partial charge in [0, 0.05) is 13.6 Å². The molecule has 1 fully saturated rings. The van der Waals surface area contributed by atoms with Crippen molar-refractivity contribution in [2.45, 2.75) is 6.42 Å². The van der Waals surface area contributed by atoms with Crippen LogP contribution in [0.15, 0.2) is 12.4 Å². The molecule has 0 spiro atoms. The van der Waals surface area contributed by atoms with E-state index in [-0.39, 0.29) is 5.91 Å². The van der Waals surface area contributed by atoms with E-state index >= 15 is 0 Å². The van der Waals surface area contributed by atoms with Crippen molar-refractivity contribution in [3.63, 3.8) is 0 Å². The van der Waals surface area contributed by atoms with Gasteiger partial charge in [0.05, 0.1) is 12.4 Å². The fourth-order valence-electron chi connectivity index (χ4n) is 1.96. The highest BCUT2D eigenvalue weighted by molar-refractivity contribution is 6.29. The largest absolute Gasteiger partial charge is 0.340 e. The van der Waals surface area contributed by atoms with E-state index in [4.69, 9.17) is 11.6 Å². The van der Waals surface area contributed by atoms with Gasteiger partial charge < -0.3 is 10.2 Å². The van der Waals surface area contributed by atoms with Gasteiger partial charge in [0.2, 0.25) is 0 Å². The number of hydrogen-bond acceptors (Lipinski definition) is 4. The molecule has 0 radical (unpaired) electrons. The monoisotopic (exact) mass is 254 g/mol. The summed E-state index contributed by atoms with van der Waals surface area (Å²) in [5.41, 5.74) is 0.336. The molecule has 6 heteroatoms. The third-order valence-corrected chi connectivity index (χ3v) is 3.08. The number of amides is 1. The lowest BCUT2D eigenvalue weighted by atomic mass is 10.1. The second-order valence-corrected chi connectivity index (χ2v) is 4.66. The predicted molar refractivity (Wildman–Crippen MR) is 65.0 cm³/mol. The zero-order valence-electron chi connectivity index (χ0n) is 9.69. The van der Waals surface area contributed by atoms with Gasteiger partial charge in [-0.1, -0.05) is 11.6 Å². The summed E-state index contributed by atoms with van der Waals surface area (Å²) < 4.78 is 0. The van der Waals surface area contributed by atoms with Crippen LogP contribution in [0.3, 0.4) is 0 Å². The second kappa shape index (κ2) is 5.42. The van der Waals surface area contributed by atoms with Crippen LogP contribution in [0.5, 0.6) is 0 Å². The maximum atomic E-state index is 12.0. The zero-order valence-corrected chi connectivity index (χ0v) is 10.4. The summed E-state index contributed by atoms with van der Waals surface area (Å²) in [6.07, 6.45) is 3.91. The van der Waals surface area contributed by atoms with Gasteiger partial charge in [-0.3, -0.25) is 4.79 Å². The zero-order chi connectivity index (χ0) is 12.3. The van der Waals surface area contributed by atoms with Gasteiger partial charge in [0.1, 0.15) is 10.8 Å². The number of nitrogens with one attached hydrogen (secondary N) is 1. The maximum absolute atomic E-state index is 12.0. The topological polar surface area (TPSA) is 58.1 Å². The highest BCUT2D eigenvalue weighted by Crippen LogP contribution is 2.10. The summed E-state index contributed by atoms with van der Waals surface area (Å²) in [7, 11) is 1.79. The first-order valence-corrected chi connectivity index (χ1v) is 5.98. The van der Waals surface area contributed by atoms with Crippen molar-refractivity contribution in [1.82, 2.24) is 20.2 Å². The summed E-state index contributed by atoms with van der Waals surface area (Å²) in [5, 5.41) is 3.58. The smallest absolute Gasteiger partial charge is 0.273 e. The molecule has 1 aliphatic heterocycles. The number of rotatable bonds is 3. The van der Waals surface area contributed by atoms with Crippen molar-refractivity contribution in [3.05, 3.63) is 23.2 Å². The van der Waals surface area contributed by atoms with Crippen LogP contribution in [0.25, 0.3) is 0 Å². The molecule has 1 aliphatic rings. The molecular formula is C11H15ClN4O. The van der Waals surface area contributed by atoms with Gasteiger partial charge in [-0.15, -0.1) is 0 Å². The number of halogens is 1. The molecule has 17 heavy (non-hydrogen) atoms. The molecule has 0 aliphatic carbocycles. The summed E-state index contributed by atoms with van der Waals surface area (Å²) in [4.78, 5) is 21.5. The molecule has 1 atom stereocenters. The molecule has 2 rings (SSSR count). The van der Waals surface area contributed by atoms with E-state index in [1.54, 1.807) is 11.9 Å². The van der Waals surface area contributed by atoms with E-state index < -0.39 is 0 Å². The molecule has 1 unspecified atom stereocenters. The number of carbonyl (C=O) groups is 1. The van der Waals surface area contributed by atoms with Gasteiger partial charge in [-0.25, -0.2) is 9.97 Å². The van der Waals surface area contributed by atoms with Gasteiger partial charge >= 0.3 is 0 Å². The van der Waals surface area contributed by atoms with E-state index in [0.717, 1.165) is 26.1 Å². The summed E-state index contributed by atoms with van der Waals surface area (Å²) >= 11 is 5.63. The lowest BCUT2D eigenvalue weighted by Gasteiger charge is -2.20. The Bertz CT molecular complexity index is 389. The SMILES string of the molecule is CN(CC1CCNC1)C(=O)c1cnc(Cl)cn1. The Kier molecular flexibility index (Phi) is 3.91. The molecule has 5 nitrogen and oxygen atoms in total. The van der Waals surface area contributed by atoms with Crippen LogP contribution in [-0.2, 0) is 0 Å². The first-order valence-electron chi connectivity index (χ1n) is 5.60. The first kappa shape index (κ1) is 12.3. The first-order chi connectivity index (χ1) is 8.16. The van der Waals surface area contributed by atoms with Crippen LogP contribution in [0.4, 0.5) is 0 Å². The molecule has 92 valence electrons. The van der Waals surface area contributed by atoms with E-state index in [2.05, 4.69) is 15.3 Å². The van der Waals surface area contributed by atoms with Crippen molar-refractivity contribution >= 4 is 17.5 Å². The van der Waals surface area contributed by atoms with Crippen LogP contribution >= 0.6 is 11.6 Å². The third-order valence-electron chi connectivity index (χ3n) is 2.88. The second-order valence-electron chi connectivity index (χ2n) is 4.27. The Morgan fingerprint density at radius 1 is 1.59 bits per heavy atom. The minimum atomic E-state index is -0.110. The predicted octanol–water partition coefficient (Wildman–Crippen LogP) is 0.811. The Hall–Kier alpha value is -1.20. The molecule has 1 amide bonds. The van der Waals surface area contributed by atoms with Gasteiger partial charge in [0.25, 0.3) is 5.91 Å².